The summed E-state index contributed by atoms with van der Waals surface area (Å²) in [6.07, 6.45) is 0.0919. The molecule has 0 aliphatic rings. The van der Waals surface area contributed by atoms with E-state index in [1.807, 2.05) is 0 Å². The average Bonchev–Trinajstić information content (AvgIpc) is 2.21. The van der Waals surface area contributed by atoms with Crippen molar-refractivity contribution in [2.75, 3.05) is 6.54 Å². The van der Waals surface area contributed by atoms with Gasteiger partial charge in [-0.25, -0.2) is 0 Å². The van der Waals surface area contributed by atoms with Gasteiger partial charge in [0.15, 0.2) is 0 Å². The standard InChI is InChI=1S/C10H8Cl3NO2/c11-7-2-1-6(5-8(7)12)10(16)14-4-3-9(13)15/h1-2,5H,3-4H2,(H,14,16). The van der Waals surface area contributed by atoms with Gasteiger partial charge in [-0.2, -0.15) is 0 Å². The molecule has 0 aromatic heterocycles. The van der Waals surface area contributed by atoms with Crippen molar-refractivity contribution in [1.29, 1.82) is 0 Å². The quantitative estimate of drug-likeness (QED) is 0.862. The maximum absolute atomic E-state index is 11.5. The lowest BCUT2D eigenvalue weighted by Crippen LogP contribution is -2.25. The van der Waals surface area contributed by atoms with Crippen molar-refractivity contribution in [2.24, 2.45) is 0 Å². The summed E-state index contributed by atoms with van der Waals surface area (Å²) in [5.41, 5.74) is 0.386. The zero-order valence-electron chi connectivity index (χ0n) is 8.10. The number of hydrogen-bond acceptors (Lipinski definition) is 2. The van der Waals surface area contributed by atoms with Crippen molar-refractivity contribution >= 4 is 46.0 Å². The van der Waals surface area contributed by atoms with Gasteiger partial charge >= 0.3 is 0 Å². The molecule has 0 aliphatic carbocycles. The number of nitrogens with one attached hydrogen (secondary N) is 1. The summed E-state index contributed by atoms with van der Waals surface area (Å²) in [6, 6.07) is 4.54. The second-order valence-corrected chi connectivity index (χ2v) is 4.23. The smallest absolute Gasteiger partial charge is 0.251 e. The van der Waals surface area contributed by atoms with Crippen LogP contribution in [0.4, 0.5) is 0 Å². The van der Waals surface area contributed by atoms with Crippen LogP contribution in [-0.2, 0) is 4.79 Å². The van der Waals surface area contributed by atoms with Crippen LogP contribution < -0.4 is 5.32 Å². The lowest BCUT2D eigenvalue weighted by Gasteiger charge is -2.04. The van der Waals surface area contributed by atoms with Gasteiger partial charge < -0.3 is 5.32 Å². The highest BCUT2D eigenvalue weighted by atomic mass is 35.5. The van der Waals surface area contributed by atoms with Crippen LogP contribution in [-0.4, -0.2) is 17.7 Å². The summed E-state index contributed by atoms with van der Waals surface area (Å²) in [7, 11) is 0. The van der Waals surface area contributed by atoms with E-state index < -0.39 is 5.24 Å². The number of carbonyl (C=O) groups excluding carboxylic acids is 2. The van der Waals surface area contributed by atoms with Crippen LogP contribution in [0.5, 0.6) is 0 Å². The molecule has 0 saturated heterocycles. The van der Waals surface area contributed by atoms with Crippen LogP contribution in [0.15, 0.2) is 18.2 Å². The van der Waals surface area contributed by atoms with Gasteiger partial charge in [0.1, 0.15) is 0 Å². The Hall–Kier alpha value is -0.770. The molecule has 0 saturated carbocycles. The van der Waals surface area contributed by atoms with E-state index in [4.69, 9.17) is 34.8 Å². The molecule has 1 rings (SSSR count). The van der Waals surface area contributed by atoms with Crippen molar-refractivity contribution in [3.8, 4) is 0 Å². The van der Waals surface area contributed by atoms with Gasteiger partial charge in [0.2, 0.25) is 5.24 Å². The molecule has 1 amide bonds. The van der Waals surface area contributed by atoms with Gasteiger partial charge in [0, 0.05) is 18.5 Å². The lowest BCUT2D eigenvalue weighted by atomic mass is 10.2. The Balaban J connectivity index is 2.59. The number of carbonyl (C=O) groups is 2. The molecular formula is C10H8Cl3NO2. The highest BCUT2D eigenvalue weighted by Crippen LogP contribution is 2.22. The first-order valence-corrected chi connectivity index (χ1v) is 5.55. The van der Waals surface area contributed by atoms with Crippen molar-refractivity contribution in [3.63, 3.8) is 0 Å². The van der Waals surface area contributed by atoms with Gasteiger partial charge in [-0.1, -0.05) is 23.2 Å². The normalized spacial score (nSPS) is 9.94. The summed E-state index contributed by atoms with van der Waals surface area (Å²) >= 11 is 16.6. The molecular weight excluding hydrogens is 272 g/mol. The van der Waals surface area contributed by atoms with Gasteiger partial charge in [-0.3, -0.25) is 9.59 Å². The zero-order chi connectivity index (χ0) is 12.1. The van der Waals surface area contributed by atoms with E-state index in [9.17, 15) is 9.59 Å². The fraction of sp³-hybridized carbons (Fsp3) is 0.200. The molecule has 0 atom stereocenters. The van der Waals surface area contributed by atoms with E-state index in [1.54, 1.807) is 6.07 Å². The predicted molar refractivity (Wildman–Crippen MR) is 64.3 cm³/mol. The maximum atomic E-state index is 11.5. The first-order chi connectivity index (χ1) is 7.50. The summed E-state index contributed by atoms with van der Waals surface area (Å²) in [5.74, 6) is -0.323. The Bertz CT molecular complexity index is 421. The summed E-state index contributed by atoms with van der Waals surface area (Å²) < 4.78 is 0. The maximum Gasteiger partial charge on any atom is 0.251 e. The van der Waals surface area contributed by atoms with Crippen molar-refractivity contribution in [1.82, 2.24) is 5.32 Å². The fourth-order valence-electron chi connectivity index (χ4n) is 1.01. The molecule has 0 radical (unpaired) electrons. The lowest BCUT2D eigenvalue weighted by molar-refractivity contribution is -0.111. The van der Waals surface area contributed by atoms with Crippen LogP contribution >= 0.6 is 34.8 Å². The third kappa shape index (κ3) is 4.00. The monoisotopic (exact) mass is 279 g/mol. The molecule has 6 heteroatoms. The highest BCUT2D eigenvalue weighted by Gasteiger charge is 2.07. The Labute approximate surface area is 108 Å². The molecule has 1 aromatic rings. The fourth-order valence-corrected chi connectivity index (χ4v) is 1.41. The molecule has 0 unspecified atom stereocenters. The van der Waals surface area contributed by atoms with Gasteiger partial charge in [0.25, 0.3) is 5.91 Å². The van der Waals surface area contributed by atoms with E-state index in [0.717, 1.165) is 0 Å². The minimum absolute atomic E-state index is 0.0919. The van der Waals surface area contributed by atoms with Crippen LogP contribution in [0.25, 0.3) is 0 Å². The minimum Gasteiger partial charge on any atom is -0.352 e. The second-order valence-electron chi connectivity index (χ2n) is 2.99. The summed E-state index contributed by atoms with van der Waals surface area (Å²) in [6.45, 7) is 0.196. The molecule has 1 aromatic carbocycles. The molecule has 3 nitrogen and oxygen atoms in total. The molecule has 1 N–H and O–H groups in total. The molecule has 0 heterocycles. The number of benzene rings is 1. The predicted octanol–water partition coefficient (Wildman–Crippen LogP) is 2.88. The van der Waals surface area contributed by atoms with Crippen LogP contribution in [0.3, 0.4) is 0 Å². The highest BCUT2D eigenvalue weighted by molar-refractivity contribution is 6.63. The topological polar surface area (TPSA) is 46.2 Å². The van der Waals surface area contributed by atoms with Gasteiger partial charge in [-0.05, 0) is 29.8 Å². The third-order valence-electron chi connectivity index (χ3n) is 1.79. The Morgan fingerprint density at radius 1 is 1.19 bits per heavy atom. The van der Waals surface area contributed by atoms with E-state index in [1.165, 1.54) is 12.1 Å². The molecule has 0 fully saturated rings. The van der Waals surface area contributed by atoms with Crippen LogP contribution in [0.1, 0.15) is 16.8 Å². The second kappa shape index (κ2) is 6.09. The number of halogens is 3. The van der Waals surface area contributed by atoms with Gasteiger partial charge in [0.05, 0.1) is 10.0 Å². The largest absolute Gasteiger partial charge is 0.352 e. The number of hydrogen-bond donors (Lipinski definition) is 1. The van der Waals surface area contributed by atoms with E-state index >= 15 is 0 Å². The molecule has 16 heavy (non-hydrogen) atoms. The zero-order valence-corrected chi connectivity index (χ0v) is 10.4. The van der Waals surface area contributed by atoms with Crippen molar-refractivity contribution < 1.29 is 9.59 Å². The summed E-state index contributed by atoms with van der Waals surface area (Å²) in [5, 5.41) is 2.73. The van der Waals surface area contributed by atoms with Gasteiger partial charge in [-0.15, -0.1) is 0 Å². The minimum atomic E-state index is -0.491. The average molecular weight is 281 g/mol. The van der Waals surface area contributed by atoms with E-state index in [2.05, 4.69) is 5.32 Å². The molecule has 86 valence electrons. The van der Waals surface area contributed by atoms with Crippen molar-refractivity contribution in [3.05, 3.63) is 33.8 Å². The van der Waals surface area contributed by atoms with Crippen LogP contribution in [0, 0.1) is 0 Å². The van der Waals surface area contributed by atoms with E-state index in [0.29, 0.717) is 15.6 Å². The Morgan fingerprint density at radius 3 is 2.44 bits per heavy atom. The molecule has 0 aliphatic heterocycles. The molecule has 0 spiro atoms. The van der Waals surface area contributed by atoms with E-state index in [-0.39, 0.29) is 18.9 Å². The SMILES string of the molecule is O=C(Cl)CCNC(=O)c1ccc(Cl)c(Cl)c1. The Kier molecular flexibility index (Phi) is 5.06. The summed E-state index contributed by atoms with van der Waals surface area (Å²) in [4.78, 5) is 22.0. The first kappa shape index (κ1) is 13.3. The number of rotatable bonds is 4. The van der Waals surface area contributed by atoms with Crippen molar-refractivity contribution in [2.45, 2.75) is 6.42 Å². The number of amides is 1. The third-order valence-corrected chi connectivity index (χ3v) is 2.72. The van der Waals surface area contributed by atoms with Crippen LogP contribution in [0.2, 0.25) is 10.0 Å². The molecule has 0 bridgehead atoms. The first-order valence-electron chi connectivity index (χ1n) is 4.42. The Morgan fingerprint density at radius 2 is 1.88 bits per heavy atom.